The second-order valence-electron chi connectivity index (χ2n) is 28.1. The molecule has 132 heavy (non-hydrogen) atoms. The van der Waals surface area contributed by atoms with E-state index in [0.717, 1.165) is 24.3 Å². The van der Waals surface area contributed by atoms with Crippen LogP contribution in [0.25, 0.3) is 90.1 Å². The normalized spacial score (nSPS) is 10.9. The second kappa shape index (κ2) is 42.1. The molecule has 0 fully saturated rings. The van der Waals surface area contributed by atoms with E-state index in [2.05, 4.69) is 103 Å². The first-order valence-electron chi connectivity index (χ1n) is 40.0. The summed E-state index contributed by atoms with van der Waals surface area (Å²) in [7, 11) is 1.56. The van der Waals surface area contributed by atoms with Crippen LogP contribution in [0.5, 0.6) is 5.75 Å². The molecule has 0 bridgehead atoms. The summed E-state index contributed by atoms with van der Waals surface area (Å²) in [5.41, 5.74) is 33.2. The van der Waals surface area contributed by atoms with Crippen molar-refractivity contribution in [2.24, 2.45) is 0 Å². The number of halogens is 9. The quantitative estimate of drug-likeness (QED) is 0.0297. The van der Waals surface area contributed by atoms with Crippen molar-refractivity contribution in [2.45, 2.75) is 60.1 Å². The maximum Gasteiger partial charge on any atom is 0.416 e. The third-order valence-electron chi connectivity index (χ3n) is 19.1. The van der Waals surface area contributed by atoms with Crippen molar-refractivity contribution < 1.29 is 54.6 Å². The van der Waals surface area contributed by atoms with Crippen molar-refractivity contribution in [3.8, 4) is 95.8 Å². The molecule has 16 rings (SSSR count). The van der Waals surface area contributed by atoms with Gasteiger partial charge in [-0.3, -0.25) is 18.7 Å². The average molecular weight is 1840 g/mol. The van der Waals surface area contributed by atoms with Crippen molar-refractivity contribution in [3.63, 3.8) is 0 Å². The molecule has 0 aliphatic rings. The van der Waals surface area contributed by atoms with Crippen LogP contribution in [0.3, 0.4) is 0 Å². The van der Waals surface area contributed by atoms with E-state index in [0.29, 0.717) is 149 Å². The Hall–Kier alpha value is -16.9. The first-order valence-corrected chi connectivity index (χ1v) is 40.7. The number of aryl methyl sites for hydroxylation is 4. The number of rotatable bonds is 21. The minimum absolute atomic E-state index is 0.0134. The van der Waals surface area contributed by atoms with E-state index in [1.165, 1.54) is 48.7 Å². The van der Waals surface area contributed by atoms with Crippen molar-refractivity contribution in [2.75, 3.05) is 72.6 Å². The monoisotopic (exact) mass is 1830 g/mol. The summed E-state index contributed by atoms with van der Waals surface area (Å²) >= 11 is 11.8. The van der Waals surface area contributed by atoms with Crippen LogP contribution in [0.15, 0.2) is 244 Å². The molecule has 0 aliphatic heterocycles. The Morgan fingerprint density at radius 3 is 0.894 bits per heavy atom. The van der Waals surface area contributed by atoms with E-state index in [4.69, 9.17) is 50.9 Å². The van der Waals surface area contributed by atoms with Crippen molar-refractivity contribution in [1.82, 2.24) is 79.0 Å². The maximum absolute atomic E-state index is 14.5. The van der Waals surface area contributed by atoms with E-state index in [1.54, 1.807) is 178 Å². The number of amides is 8. The number of ether oxygens (including phenoxy) is 1. The summed E-state index contributed by atoms with van der Waals surface area (Å²) in [4.78, 5) is 82.2. The number of methoxy groups -OCH3 is 1. The van der Waals surface area contributed by atoms with Crippen LogP contribution in [0.4, 0.5) is 119 Å². The maximum atomic E-state index is 14.5. The molecule has 0 radical (unpaired) electrons. The van der Waals surface area contributed by atoms with Crippen LogP contribution < -0.4 is 70.2 Å². The average Bonchev–Trinajstić information content (AvgIpc) is 1.64. The van der Waals surface area contributed by atoms with Gasteiger partial charge in [0.15, 0.2) is 0 Å². The number of nitrogens with one attached hydrogen (secondary N) is 8. The molecule has 0 unspecified atom stereocenters. The number of anilines is 12. The lowest BCUT2D eigenvalue weighted by Crippen LogP contribution is -2.20. The summed E-state index contributed by atoms with van der Waals surface area (Å²) < 4.78 is 108. The number of hydrogen-bond donors (Lipinski definition) is 12. The van der Waals surface area contributed by atoms with Crippen LogP contribution in [-0.4, -0.2) is 110 Å². The number of nitrogens with two attached hydrogens (primary N) is 4. The lowest BCUT2D eigenvalue weighted by Gasteiger charge is -2.11. The molecule has 33 nitrogen and oxygen atoms in total. The SMILES string of the molecule is CCn1cc(-c2ccc(F)c(NC(=O)Nc3ccc(C(F)(F)F)cc3)c2)c(-c2ccnc(N)n2)n1.CCn1cc(-c2ccc(F)c(NC(=O)Nc3ccc(Cl)cc3)c2)c(-c2ccnc(N)n2)n1.CCn1cc(-c2ccc(F)c(NC(=O)Nc3ccc(OC)cc3)c2)c(-c2ccnc(N)n2)n1.CCn1cc(-c2ccc(F)c(NC(=O)Nc3cccc(Cl)c3)c2)c(-c2ccnc(N)n2)n1. The molecule has 16 aromatic rings. The highest BCUT2D eigenvalue weighted by atomic mass is 35.5. The zero-order valence-corrected chi connectivity index (χ0v) is 71.8. The van der Waals surface area contributed by atoms with Crippen LogP contribution in [-0.2, 0) is 32.4 Å². The van der Waals surface area contributed by atoms with E-state index >= 15 is 0 Å². The third kappa shape index (κ3) is 24.0. The molecule has 16 N–H and O–H groups in total. The first kappa shape index (κ1) is 92.7. The van der Waals surface area contributed by atoms with Gasteiger partial charge in [-0.05, 0) is 214 Å². The fourth-order valence-corrected chi connectivity index (χ4v) is 13.1. The number of hydrogen-bond acceptors (Lipinski definition) is 21. The number of nitrogens with zero attached hydrogens (tertiary/aromatic N) is 16. The predicted octanol–water partition coefficient (Wildman–Crippen LogP) is 19.9. The molecule has 8 heterocycles. The minimum Gasteiger partial charge on any atom is -0.497 e. The van der Waals surface area contributed by atoms with Gasteiger partial charge in [-0.1, -0.05) is 53.5 Å². The van der Waals surface area contributed by atoms with Crippen LogP contribution >= 0.6 is 23.2 Å². The fraction of sp³-hybridized carbons (Fsp3) is 0.111. The highest BCUT2D eigenvalue weighted by Crippen LogP contribution is 2.39. The van der Waals surface area contributed by atoms with Crippen molar-refractivity contribution in [3.05, 3.63) is 283 Å². The van der Waals surface area contributed by atoms with Gasteiger partial charge >= 0.3 is 30.3 Å². The number of urea groups is 4. The highest BCUT2D eigenvalue weighted by molar-refractivity contribution is 6.31. The van der Waals surface area contributed by atoms with Gasteiger partial charge in [0.2, 0.25) is 23.8 Å². The zero-order chi connectivity index (χ0) is 93.9. The number of aromatic nitrogens is 16. The van der Waals surface area contributed by atoms with E-state index in [1.807, 2.05) is 46.3 Å². The Kier molecular flexibility index (Phi) is 29.6. The number of carbonyl (C=O) groups is 4. The molecule has 8 aromatic heterocycles. The van der Waals surface area contributed by atoms with Crippen LogP contribution in [0.1, 0.15) is 33.3 Å². The van der Waals surface area contributed by atoms with Gasteiger partial charge in [-0.25, -0.2) is 76.6 Å². The van der Waals surface area contributed by atoms with Crippen LogP contribution in [0, 0.1) is 23.3 Å². The summed E-state index contributed by atoms with van der Waals surface area (Å²) in [6.45, 7) is 10.2. The highest BCUT2D eigenvalue weighted by Gasteiger charge is 2.31. The van der Waals surface area contributed by atoms with Crippen molar-refractivity contribution >= 4 is 117 Å². The lowest BCUT2D eigenvalue weighted by molar-refractivity contribution is -0.137. The van der Waals surface area contributed by atoms with E-state index < -0.39 is 59.1 Å². The summed E-state index contributed by atoms with van der Waals surface area (Å²) in [5, 5.41) is 39.5. The van der Waals surface area contributed by atoms with E-state index in [-0.39, 0.29) is 52.2 Å². The molecule has 42 heteroatoms. The minimum atomic E-state index is -4.49. The lowest BCUT2D eigenvalue weighted by atomic mass is 10.0. The molecule has 672 valence electrons. The molecular formula is C90H79Cl2F7N28O5. The van der Waals surface area contributed by atoms with Gasteiger partial charge in [0.05, 0.1) is 58.2 Å². The van der Waals surface area contributed by atoms with Crippen LogP contribution in [0.2, 0.25) is 10.0 Å². The van der Waals surface area contributed by atoms with Gasteiger partial charge in [0.25, 0.3) is 0 Å². The number of benzene rings is 8. The first-order chi connectivity index (χ1) is 63.4. The Morgan fingerprint density at radius 2 is 0.629 bits per heavy atom. The van der Waals surface area contributed by atoms with Gasteiger partial charge in [-0.2, -0.15) is 33.6 Å². The number of carbonyl (C=O) groups excluding carboxylic acids is 4. The Balaban J connectivity index is 0.000000150. The molecular weight excluding hydrogens is 1760 g/mol. The standard InChI is InChI=1S/C23H19F4N7O.C23H22FN7O2.2C22H19ClFN7O/c1-2-34-12-16(20(33-34)18-9-10-29-21(28)31-18)13-3-8-17(24)19(11-13)32-22(35)30-15-6-4-14(5-7-15)23(25,26)27;1-3-31-13-17(21(30-31)19-10-11-26-22(25)28-19)14-4-9-18(24)20(12-14)29-23(32)27-15-5-7-16(33-2)8-6-15;1-2-31-12-16(20(30-31)18-9-10-26-21(25)28-18)13-3-8-17(24)19(11-13)29-22(32)27-15-6-4-14(23)5-7-15;1-2-31-12-16(20(30-31)18-8-9-26-21(25)28-18)13-6-7-17(24)19(10-13)29-22(32)27-15-5-3-4-14(23)11-15/h3-12H,2H2,1H3,(H2,28,29,31)(H2,30,32,35);4-13H,3H2,1-2H3,(H2,25,26,28)(H2,27,29,32);2*3-12H,2H2,1H3,(H2,25,26,28)(H2,27,29,32). The summed E-state index contributed by atoms with van der Waals surface area (Å²) in [6, 6.07) is 45.5. The summed E-state index contributed by atoms with van der Waals surface area (Å²) in [5.74, 6) is -1.32. The van der Waals surface area contributed by atoms with E-state index in [9.17, 15) is 49.9 Å². The Bertz CT molecular complexity index is 6840. The number of alkyl halides is 3. The summed E-state index contributed by atoms with van der Waals surface area (Å²) in [6.07, 6.45) is 8.90. The second-order valence-corrected chi connectivity index (χ2v) is 29.0. The molecule has 0 atom stereocenters. The molecule has 0 aliphatic carbocycles. The molecule has 0 saturated carbocycles. The fourth-order valence-electron chi connectivity index (χ4n) is 12.8. The van der Waals surface area contributed by atoms with Crippen molar-refractivity contribution in [1.29, 1.82) is 0 Å². The zero-order valence-electron chi connectivity index (χ0n) is 70.3. The third-order valence-corrected chi connectivity index (χ3v) is 19.6. The number of nitrogen functional groups attached to an aromatic ring is 4. The van der Waals surface area contributed by atoms with Gasteiger partial charge in [-0.15, -0.1) is 0 Å². The Morgan fingerprint density at radius 1 is 0.348 bits per heavy atom. The molecule has 8 aromatic carbocycles. The molecule has 0 saturated heterocycles. The predicted molar refractivity (Wildman–Crippen MR) is 493 cm³/mol. The molecule has 0 spiro atoms. The van der Waals surface area contributed by atoms with Gasteiger partial charge < -0.3 is 70.2 Å². The smallest absolute Gasteiger partial charge is 0.416 e. The molecule has 8 amide bonds. The van der Waals surface area contributed by atoms with Gasteiger partial charge in [0.1, 0.15) is 51.8 Å². The topological polar surface area (TPSA) is 452 Å². The largest absolute Gasteiger partial charge is 0.497 e. The Labute approximate surface area is 757 Å². The van der Waals surface area contributed by atoms with Gasteiger partial charge in [0, 0.05) is 131 Å².